The normalized spacial score (nSPS) is 16.1. The van der Waals surface area contributed by atoms with Gasteiger partial charge in [-0.2, -0.15) is 0 Å². The summed E-state index contributed by atoms with van der Waals surface area (Å²) in [5, 5.41) is 0. The summed E-state index contributed by atoms with van der Waals surface area (Å²) < 4.78 is 10.9. The van der Waals surface area contributed by atoms with Gasteiger partial charge in [0.25, 0.3) is 0 Å². The lowest BCUT2D eigenvalue weighted by atomic mass is 10.1. The number of rotatable bonds is 7. The van der Waals surface area contributed by atoms with Crippen LogP contribution in [0, 0.1) is 0 Å². The quantitative estimate of drug-likeness (QED) is 0.761. The summed E-state index contributed by atoms with van der Waals surface area (Å²) in [7, 11) is 3.43. The van der Waals surface area contributed by atoms with E-state index in [1.165, 1.54) is 11.1 Å². The monoisotopic (exact) mass is 352 g/mol. The fraction of sp³-hybridized carbons (Fsp3) is 0.364. The highest BCUT2D eigenvalue weighted by Gasteiger charge is 2.17. The Hall–Kier alpha value is -2.30. The van der Waals surface area contributed by atoms with Crippen LogP contribution in [-0.2, 0) is 6.54 Å². The van der Waals surface area contributed by atoms with Crippen LogP contribution in [-0.4, -0.2) is 56.7 Å². The first-order valence-electron chi connectivity index (χ1n) is 9.15. The van der Waals surface area contributed by atoms with Crippen molar-refractivity contribution in [2.24, 2.45) is 0 Å². The first-order valence-corrected chi connectivity index (χ1v) is 9.15. The SMILES string of the molecule is COc1ccc(OC)c(CN2CCN(CC=Cc3ccccc3)CC2)c1. The summed E-state index contributed by atoms with van der Waals surface area (Å²) in [6.45, 7) is 6.22. The van der Waals surface area contributed by atoms with Gasteiger partial charge >= 0.3 is 0 Å². The highest BCUT2D eigenvalue weighted by Crippen LogP contribution is 2.25. The minimum absolute atomic E-state index is 0.880. The van der Waals surface area contributed by atoms with Gasteiger partial charge in [-0.1, -0.05) is 42.5 Å². The van der Waals surface area contributed by atoms with Crippen LogP contribution < -0.4 is 9.47 Å². The number of methoxy groups -OCH3 is 2. The summed E-state index contributed by atoms with van der Waals surface area (Å²) in [6, 6.07) is 16.5. The standard InChI is InChI=1S/C22H28N2O2/c1-25-21-10-11-22(26-2)20(17-21)18-24-15-13-23(14-16-24)12-6-9-19-7-4-3-5-8-19/h3-11,17H,12-16,18H2,1-2H3. The molecule has 3 rings (SSSR count). The van der Waals surface area contributed by atoms with E-state index in [2.05, 4.69) is 52.3 Å². The second kappa shape index (κ2) is 9.41. The second-order valence-electron chi connectivity index (χ2n) is 6.57. The molecule has 1 fully saturated rings. The largest absolute Gasteiger partial charge is 0.497 e. The fourth-order valence-corrected chi connectivity index (χ4v) is 3.28. The molecule has 1 saturated heterocycles. The molecule has 0 bridgehead atoms. The number of piperazine rings is 1. The van der Waals surface area contributed by atoms with Crippen LogP contribution in [0.5, 0.6) is 11.5 Å². The second-order valence-corrected chi connectivity index (χ2v) is 6.57. The average molecular weight is 352 g/mol. The van der Waals surface area contributed by atoms with E-state index in [1.54, 1.807) is 14.2 Å². The van der Waals surface area contributed by atoms with Crippen molar-refractivity contribution in [2.75, 3.05) is 46.9 Å². The third-order valence-corrected chi connectivity index (χ3v) is 4.82. The van der Waals surface area contributed by atoms with E-state index in [1.807, 2.05) is 18.2 Å². The summed E-state index contributed by atoms with van der Waals surface area (Å²) >= 11 is 0. The molecule has 0 unspecified atom stereocenters. The Bertz CT molecular complexity index is 707. The lowest BCUT2D eigenvalue weighted by Gasteiger charge is -2.34. The molecule has 0 radical (unpaired) electrons. The summed E-state index contributed by atoms with van der Waals surface area (Å²) in [5.74, 6) is 1.81. The number of hydrogen-bond donors (Lipinski definition) is 0. The summed E-state index contributed by atoms with van der Waals surface area (Å²) in [6.07, 6.45) is 4.46. The minimum atomic E-state index is 0.880. The molecule has 0 N–H and O–H groups in total. The Morgan fingerprint density at radius 1 is 0.885 bits per heavy atom. The van der Waals surface area contributed by atoms with Gasteiger partial charge < -0.3 is 9.47 Å². The number of benzene rings is 2. The van der Waals surface area contributed by atoms with Gasteiger partial charge in [-0.3, -0.25) is 9.80 Å². The van der Waals surface area contributed by atoms with Gasteiger partial charge in [0.15, 0.2) is 0 Å². The van der Waals surface area contributed by atoms with Gasteiger partial charge in [0.05, 0.1) is 14.2 Å². The van der Waals surface area contributed by atoms with Crippen LogP contribution in [0.2, 0.25) is 0 Å². The molecule has 0 saturated carbocycles. The van der Waals surface area contributed by atoms with Gasteiger partial charge in [-0.15, -0.1) is 0 Å². The van der Waals surface area contributed by atoms with E-state index >= 15 is 0 Å². The van der Waals surface area contributed by atoms with Gasteiger partial charge in [0.1, 0.15) is 11.5 Å². The number of nitrogens with zero attached hydrogens (tertiary/aromatic N) is 2. The van der Waals surface area contributed by atoms with Crippen LogP contribution >= 0.6 is 0 Å². The third-order valence-electron chi connectivity index (χ3n) is 4.82. The molecule has 0 aromatic heterocycles. The molecular weight excluding hydrogens is 324 g/mol. The van der Waals surface area contributed by atoms with Crippen LogP contribution in [0.4, 0.5) is 0 Å². The summed E-state index contributed by atoms with van der Waals surface area (Å²) in [5.41, 5.74) is 2.44. The lowest BCUT2D eigenvalue weighted by molar-refractivity contribution is 0.136. The minimum Gasteiger partial charge on any atom is -0.497 e. The Morgan fingerprint density at radius 2 is 1.62 bits per heavy atom. The van der Waals surface area contributed by atoms with Crippen molar-refractivity contribution in [3.63, 3.8) is 0 Å². The van der Waals surface area contributed by atoms with Crippen molar-refractivity contribution in [1.82, 2.24) is 9.80 Å². The Balaban J connectivity index is 1.49. The maximum atomic E-state index is 5.50. The molecule has 0 atom stereocenters. The highest BCUT2D eigenvalue weighted by atomic mass is 16.5. The molecule has 1 heterocycles. The predicted molar refractivity (Wildman–Crippen MR) is 107 cm³/mol. The van der Waals surface area contributed by atoms with Crippen LogP contribution in [0.1, 0.15) is 11.1 Å². The molecule has 0 spiro atoms. The molecule has 26 heavy (non-hydrogen) atoms. The number of hydrogen-bond acceptors (Lipinski definition) is 4. The van der Waals surface area contributed by atoms with Crippen molar-refractivity contribution in [2.45, 2.75) is 6.54 Å². The molecule has 1 aliphatic rings. The molecule has 2 aromatic carbocycles. The van der Waals surface area contributed by atoms with Crippen molar-refractivity contribution >= 4 is 6.08 Å². The van der Waals surface area contributed by atoms with E-state index < -0.39 is 0 Å². The molecule has 0 aliphatic carbocycles. The lowest BCUT2D eigenvalue weighted by Crippen LogP contribution is -2.45. The van der Waals surface area contributed by atoms with E-state index in [4.69, 9.17) is 9.47 Å². The molecule has 0 amide bonds. The molecule has 4 nitrogen and oxygen atoms in total. The Labute approximate surface area is 156 Å². The predicted octanol–water partition coefficient (Wildman–Crippen LogP) is 3.53. The van der Waals surface area contributed by atoms with Gasteiger partial charge in [-0.25, -0.2) is 0 Å². The van der Waals surface area contributed by atoms with E-state index in [-0.39, 0.29) is 0 Å². The maximum Gasteiger partial charge on any atom is 0.123 e. The van der Waals surface area contributed by atoms with Gasteiger partial charge in [0, 0.05) is 44.8 Å². The van der Waals surface area contributed by atoms with E-state index in [0.717, 1.165) is 50.8 Å². The van der Waals surface area contributed by atoms with Crippen molar-refractivity contribution in [3.8, 4) is 11.5 Å². The highest BCUT2D eigenvalue weighted by molar-refractivity contribution is 5.48. The maximum absolute atomic E-state index is 5.50. The molecule has 4 heteroatoms. The fourth-order valence-electron chi connectivity index (χ4n) is 3.28. The van der Waals surface area contributed by atoms with E-state index in [9.17, 15) is 0 Å². The topological polar surface area (TPSA) is 24.9 Å². The first kappa shape index (κ1) is 18.5. The van der Waals surface area contributed by atoms with Crippen LogP contribution in [0.15, 0.2) is 54.6 Å². The Morgan fingerprint density at radius 3 is 2.31 bits per heavy atom. The summed E-state index contributed by atoms with van der Waals surface area (Å²) in [4.78, 5) is 4.98. The smallest absolute Gasteiger partial charge is 0.123 e. The van der Waals surface area contributed by atoms with E-state index in [0.29, 0.717) is 0 Å². The first-order chi connectivity index (χ1) is 12.8. The van der Waals surface area contributed by atoms with Gasteiger partial charge in [0.2, 0.25) is 0 Å². The molecule has 1 aliphatic heterocycles. The van der Waals surface area contributed by atoms with Crippen LogP contribution in [0.25, 0.3) is 6.08 Å². The van der Waals surface area contributed by atoms with Crippen molar-refractivity contribution in [3.05, 3.63) is 65.7 Å². The average Bonchev–Trinajstić information content (AvgIpc) is 2.70. The van der Waals surface area contributed by atoms with Crippen molar-refractivity contribution < 1.29 is 9.47 Å². The third kappa shape index (κ3) is 5.10. The van der Waals surface area contributed by atoms with Crippen LogP contribution in [0.3, 0.4) is 0 Å². The molecule has 2 aromatic rings. The zero-order valence-electron chi connectivity index (χ0n) is 15.7. The molecular formula is C22H28N2O2. The number of ether oxygens (including phenoxy) is 2. The zero-order chi connectivity index (χ0) is 18.2. The van der Waals surface area contributed by atoms with Gasteiger partial charge in [-0.05, 0) is 23.8 Å². The Kier molecular flexibility index (Phi) is 6.69. The van der Waals surface area contributed by atoms with Crippen molar-refractivity contribution in [1.29, 1.82) is 0 Å². The zero-order valence-corrected chi connectivity index (χ0v) is 15.7. The molecule has 138 valence electrons.